The topological polar surface area (TPSA) is 76.7 Å². The van der Waals surface area contributed by atoms with Crippen LogP contribution in [0.25, 0.3) is 22.5 Å². The highest BCUT2D eigenvalue weighted by atomic mass is 19.1. The first-order valence-electron chi connectivity index (χ1n) is 8.37. The number of furan rings is 1. The summed E-state index contributed by atoms with van der Waals surface area (Å²) in [6, 6.07) is 8.15. The van der Waals surface area contributed by atoms with Crippen LogP contribution in [0.4, 0.5) is 10.3 Å². The molecule has 0 aliphatic heterocycles. The van der Waals surface area contributed by atoms with Crippen molar-refractivity contribution in [2.45, 2.75) is 13.5 Å². The van der Waals surface area contributed by atoms with Gasteiger partial charge in [0.1, 0.15) is 11.6 Å². The Hall–Kier alpha value is -3.61. The summed E-state index contributed by atoms with van der Waals surface area (Å²) in [4.78, 5) is 17.5. The van der Waals surface area contributed by atoms with Crippen molar-refractivity contribution in [1.29, 1.82) is 0 Å². The second-order valence-corrected chi connectivity index (χ2v) is 5.92. The van der Waals surface area contributed by atoms with E-state index in [0.717, 1.165) is 22.5 Å². The average molecular weight is 361 g/mol. The molecule has 0 saturated heterocycles. The van der Waals surface area contributed by atoms with Gasteiger partial charge >= 0.3 is 0 Å². The van der Waals surface area contributed by atoms with Gasteiger partial charge in [-0.2, -0.15) is 0 Å². The molecule has 7 heteroatoms. The van der Waals surface area contributed by atoms with Crippen molar-refractivity contribution in [1.82, 2.24) is 19.9 Å². The van der Waals surface area contributed by atoms with Gasteiger partial charge in [0.2, 0.25) is 5.95 Å². The number of hydrogen-bond donors (Lipinski definition) is 1. The smallest absolute Gasteiger partial charge is 0.223 e. The second-order valence-electron chi connectivity index (χ2n) is 5.92. The van der Waals surface area contributed by atoms with Gasteiger partial charge in [-0.25, -0.2) is 14.4 Å². The Morgan fingerprint density at radius 1 is 1.00 bits per heavy atom. The predicted octanol–water partition coefficient (Wildman–Crippen LogP) is 4.25. The third kappa shape index (κ3) is 3.67. The molecule has 4 rings (SSSR count). The van der Waals surface area contributed by atoms with Gasteiger partial charge in [-0.15, -0.1) is 0 Å². The Morgan fingerprint density at radius 2 is 1.85 bits per heavy atom. The van der Waals surface area contributed by atoms with Gasteiger partial charge in [0, 0.05) is 36.3 Å². The number of benzene rings is 1. The molecule has 134 valence electrons. The van der Waals surface area contributed by atoms with E-state index in [9.17, 15) is 4.39 Å². The molecule has 4 aromatic rings. The summed E-state index contributed by atoms with van der Waals surface area (Å²) in [5, 5.41) is 3.17. The number of anilines is 1. The van der Waals surface area contributed by atoms with Crippen LogP contribution >= 0.6 is 0 Å². The summed E-state index contributed by atoms with van der Waals surface area (Å²) in [7, 11) is 0. The second kappa shape index (κ2) is 7.33. The number of aryl methyl sites for hydroxylation is 1. The largest absolute Gasteiger partial charge is 0.469 e. The van der Waals surface area contributed by atoms with E-state index in [1.54, 1.807) is 43.2 Å². The molecule has 6 nitrogen and oxygen atoms in total. The van der Waals surface area contributed by atoms with E-state index in [4.69, 9.17) is 4.42 Å². The molecule has 0 spiro atoms. The summed E-state index contributed by atoms with van der Waals surface area (Å²) in [6.45, 7) is 2.36. The summed E-state index contributed by atoms with van der Waals surface area (Å²) in [6.07, 6.45) is 8.25. The highest BCUT2D eigenvalue weighted by Crippen LogP contribution is 2.31. The Bertz CT molecular complexity index is 1050. The Labute approximate surface area is 155 Å². The molecule has 0 unspecified atom stereocenters. The molecule has 3 aromatic heterocycles. The van der Waals surface area contributed by atoms with Crippen LogP contribution in [0.3, 0.4) is 0 Å². The van der Waals surface area contributed by atoms with Crippen LogP contribution in [0.15, 0.2) is 65.8 Å². The monoisotopic (exact) mass is 361 g/mol. The summed E-state index contributed by atoms with van der Waals surface area (Å²) in [5.74, 6) is 0.951. The Morgan fingerprint density at radius 3 is 2.56 bits per heavy atom. The fraction of sp³-hybridized carbons (Fsp3) is 0.100. The fourth-order valence-corrected chi connectivity index (χ4v) is 2.71. The zero-order valence-corrected chi connectivity index (χ0v) is 14.6. The standard InChI is InChI=1S/C20H16FN5O/c1-13-16(6-9-27-13)19-17(18-12-22-7-8-23-18)11-25-20(26-19)24-10-14-2-4-15(21)5-3-14/h2-9,11-12H,10H2,1H3,(H,24,25,26). The van der Waals surface area contributed by atoms with Crippen LogP contribution in [0, 0.1) is 12.7 Å². The molecule has 1 aromatic carbocycles. The summed E-state index contributed by atoms with van der Waals surface area (Å²) < 4.78 is 18.5. The Balaban J connectivity index is 1.68. The molecule has 0 aliphatic carbocycles. The summed E-state index contributed by atoms with van der Waals surface area (Å²) in [5.41, 5.74) is 3.94. The van der Waals surface area contributed by atoms with Gasteiger partial charge in [-0.3, -0.25) is 9.97 Å². The lowest BCUT2D eigenvalue weighted by Crippen LogP contribution is -2.05. The third-order valence-corrected chi connectivity index (χ3v) is 4.11. The summed E-state index contributed by atoms with van der Waals surface area (Å²) >= 11 is 0. The van der Waals surface area contributed by atoms with Crippen molar-refractivity contribution in [3.05, 3.63) is 78.5 Å². The van der Waals surface area contributed by atoms with Crippen LogP contribution < -0.4 is 5.32 Å². The first-order valence-corrected chi connectivity index (χ1v) is 8.37. The SMILES string of the molecule is Cc1occc1-c1nc(NCc2ccc(F)cc2)ncc1-c1cnccn1. The number of nitrogens with one attached hydrogen (secondary N) is 1. The van der Waals surface area contributed by atoms with E-state index in [2.05, 4.69) is 25.3 Å². The van der Waals surface area contributed by atoms with Crippen LogP contribution in [-0.2, 0) is 6.54 Å². The zero-order chi connectivity index (χ0) is 18.6. The first-order chi connectivity index (χ1) is 13.2. The highest BCUT2D eigenvalue weighted by molar-refractivity contribution is 5.79. The van der Waals surface area contributed by atoms with Gasteiger partial charge in [-0.1, -0.05) is 12.1 Å². The molecule has 0 radical (unpaired) electrons. The van der Waals surface area contributed by atoms with Crippen LogP contribution in [0.5, 0.6) is 0 Å². The van der Waals surface area contributed by atoms with E-state index in [1.165, 1.54) is 12.1 Å². The number of rotatable bonds is 5. The van der Waals surface area contributed by atoms with Crippen molar-refractivity contribution < 1.29 is 8.81 Å². The van der Waals surface area contributed by atoms with Crippen LogP contribution in [0.1, 0.15) is 11.3 Å². The van der Waals surface area contributed by atoms with Gasteiger partial charge < -0.3 is 9.73 Å². The van der Waals surface area contributed by atoms with Crippen molar-refractivity contribution in [2.75, 3.05) is 5.32 Å². The number of nitrogens with zero attached hydrogens (tertiary/aromatic N) is 4. The molecule has 0 atom stereocenters. The lowest BCUT2D eigenvalue weighted by atomic mass is 10.1. The Kier molecular flexibility index (Phi) is 4.57. The normalized spacial score (nSPS) is 10.7. The first kappa shape index (κ1) is 16.8. The molecular weight excluding hydrogens is 345 g/mol. The molecular formula is C20H16FN5O. The maximum atomic E-state index is 13.0. The zero-order valence-electron chi connectivity index (χ0n) is 14.6. The third-order valence-electron chi connectivity index (χ3n) is 4.11. The van der Waals surface area contributed by atoms with E-state index >= 15 is 0 Å². The van der Waals surface area contributed by atoms with E-state index < -0.39 is 0 Å². The van der Waals surface area contributed by atoms with E-state index in [-0.39, 0.29) is 5.82 Å². The molecule has 27 heavy (non-hydrogen) atoms. The van der Waals surface area contributed by atoms with Crippen LogP contribution in [0.2, 0.25) is 0 Å². The fourth-order valence-electron chi connectivity index (χ4n) is 2.71. The lowest BCUT2D eigenvalue weighted by Gasteiger charge is -2.10. The minimum atomic E-state index is -0.263. The van der Waals surface area contributed by atoms with Crippen molar-refractivity contribution in [2.24, 2.45) is 0 Å². The van der Waals surface area contributed by atoms with Gasteiger partial charge in [-0.05, 0) is 30.7 Å². The van der Waals surface area contributed by atoms with Crippen molar-refractivity contribution in [3.63, 3.8) is 0 Å². The quantitative estimate of drug-likeness (QED) is 0.572. The lowest BCUT2D eigenvalue weighted by molar-refractivity contribution is 0.535. The van der Waals surface area contributed by atoms with E-state index in [1.807, 2.05) is 13.0 Å². The number of aromatic nitrogens is 4. The number of halogens is 1. The molecule has 0 saturated carbocycles. The van der Waals surface area contributed by atoms with Crippen LogP contribution in [-0.4, -0.2) is 19.9 Å². The van der Waals surface area contributed by atoms with Gasteiger partial charge in [0.05, 0.1) is 23.8 Å². The number of hydrogen-bond acceptors (Lipinski definition) is 6. The molecule has 0 bridgehead atoms. The minimum absolute atomic E-state index is 0.263. The molecule has 1 N–H and O–H groups in total. The molecule has 3 heterocycles. The molecule has 0 aliphatic rings. The van der Waals surface area contributed by atoms with Gasteiger partial charge in [0.15, 0.2) is 0 Å². The molecule has 0 fully saturated rings. The average Bonchev–Trinajstić information content (AvgIpc) is 3.14. The van der Waals surface area contributed by atoms with Gasteiger partial charge in [0.25, 0.3) is 0 Å². The van der Waals surface area contributed by atoms with Crippen molar-refractivity contribution >= 4 is 5.95 Å². The van der Waals surface area contributed by atoms with Crippen molar-refractivity contribution in [3.8, 4) is 22.5 Å². The predicted molar refractivity (Wildman–Crippen MR) is 99.2 cm³/mol. The highest BCUT2D eigenvalue weighted by Gasteiger charge is 2.16. The van der Waals surface area contributed by atoms with E-state index in [0.29, 0.717) is 23.9 Å². The maximum absolute atomic E-state index is 13.0. The maximum Gasteiger partial charge on any atom is 0.223 e. The minimum Gasteiger partial charge on any atom is -0.469 e. The molecule has 0 amide bonds.